The maximum Gasteiger partial charge on any atom is 0.240 e. The first-order chi connectivity index (χ1) is 20.3. The number of nitrogens with zero attached hydrogens (tertiary/aromatic N) is 5. The van der Waals surface area contributed by atoms with Gasteiger partial charge >= 0.3 is 0 Å². The molecule has 0 aliphatic heterocycles. The third-order valence-corrected chi connectivity index (χ3v) is 9.34. The van der Waals surface area contributed by atoms with Gasteiger partial charge in [-0.3, -0.25) is 4.79 Å². The number of rotatable bonds is 15. The number of aromatic nitrogens is 4. The molecule has 1 amide bonds. The summed E-state index contributed by atoms with van der Waals surface area (Å²) < 4.78 is 30.4. The van der Waals surface area contributed by atoms with Crippen LogP contribution in [-0.4, -0.2) is 76.4 Å². The monoisotopic (exact) mass is 599 g/mol. The topological polar surface area (TPSA) is 142 Å². The summed E-state index contributed by atoms with van der Waals surface area (Å²) in [5, 5.41) is 19.1. The van der Waals surface area contributed by atoms with Crippen LogP contribution in [0.1, 0.15) is 84.6 Å². The fraction of sp³-hybridized carbons (Fsp3) is 0.600. The van der Waals surface area contributed by atoms with Gasteiger partial charge in [0, 0.05) is 44.4 Å². The van der Waals surface area contributed by atoms with Crippen LogP contribution in [0, 0.1) is 0 Å². The first kappa shape index (κ1) is 31.8. The van der Waals surface area contributed by atoms with Gasteiger partial charge in [-0.25, -0.2) is 22.8 Å². The number of carbonyl (C=O) groups is 1. The number of fused-ring (bicyclic) bond motifs is 1. The van der Waals surface area contributed by atoms with Crippen molar-refractivity contribution < 1.29 is 18.3 Å². The standard InChI is InChI=1S/C30H45N7O4S/c1-4-7-18-31-30-32-21-26-28(35-37(29(26)34-30)23-11-13-24(38)14-12-23)22-9-15-25(16-10-22)42(40,41)33-19-17-27(39)36(6-3)20-8-5-2/h9-10,15-16,21,23-24,33,38H,4-8,11-14,17-20H2,1-3H3,(H,31,32,34). The summed E-state index contributed by atoms with van der Waals surface area (Å²) in [6.45, 7) is 8.27. The molecule has 2 heterocycles. The molecule has 11 nitrogen and oxygen atoms in total. The van der Waals surface area contributed by atoms with Crippen molar-refractivity contribution in [2.24, 2.45) is 0 Å². The van der Waals surface area contributed by atoms with Gasteiger partial charge in [-0.1, -0.05) is 38.8 Å². The number of nitrogens with one attached hydrogen (secondary N) is 2. The second-order valence-electron chi connectivity index (χ2n) is 11.0. The van der Waals surface area contributed by atoms with E-state index in [9.17, 15) is 18.3 Å². The highest BCUT2D eigenvalue weighted by Crippen LogP contribution is 2.34. The highest BCUT2D eigenvalue weighted by Gasteiger charge is 2.26. The average molecular weight is 600 g/mol. The lowest BCUT2D eigenvalue weighted by Gasteiger charge is -2.25. The van der Waals surface area contributed by atoms with Gasteiger partial charge in [0.2, 0.25) is 21.9 Å². The number of benzene rings is 1. The van der Waals surface area contributed by atoms with Crippen LogP contribution >= 0.6 is 0 Å². The van der Waals surface area contributed by atoms with E-state index >= 15 is 0 Å². The number of carbonyl (C=O) groups excluding carboxylic acids is 1. The van der Waals surface area contributed by atoms with Gasteiger partial charge in [-0.05, 0) is 57.6 Å². The van der Waals surface area contributed by atoms with Crippen LogP contribution in [0.3, 0.4) is 0 Å². The molecule has 1 aromatic carbocycles. The van der Waals surface area contributed by atoms with Gasteiger partial charge in [0.25, 0.3) is 0 Å². The zero-order valence-corrected chi connectivity index (χ0v) is 25.9. The van der Waals surface area contributed by atoms with Crippen molar-refractivity contribution >= 4 is 32.9 Å². The molecule has 12 heteroatoms. The SMILES string of the molecule is CCCCNc1ncc2c(-c3ccc(S(=O)(=O)NCCC(=O)N(CC)CCCC)cc3)nn(C3CCC(O)CC3)c2n1. The molecule has 0 unspecified atom stereocenters. The van der Waals surface area contributed by atoms with Gasteiger partial charge in [0.05, 0.1) is 22.4 Å². The molecule has 230 valence electrons. The minimum Gasteiger partial charge on any atom is -0.393 e. The smallest absolute Gasteiger partial charge is 0.240 e. The van der Waals surface area contributed by atoms with E-state index in [1.165, 1.54) is 0 Å². The van der Waals surface area contributed by atoms with E-state index in [0.717, 1.165) is 61.7 Å². The first-order valence-corrected chi connectivity index (χ1v) is 16.8. The molecule has 1 aliphatic rings. The number of aliphatic hydroxyl groups is 1. The van der Waals surface area contributed by atoms with E-state index in [2.05, 4.69) is 28.9 Å². The molecule has 42 heavy (non-hydrogen) atoms. The number of hydrogen-bond acceptors (Lipinski definition) is 8. The van der Waals surface area contributed by atoms with Crippen molar-refractivity contribution in [1.82, 2.24) is 29.4 Å². The fourth-order valence-electron chi connectivity index (χ4n) is 5.29. The second-order valence-corrected chi connectivity index (χ2v) is 12.7. The summed E-state index contributed by atoms with van der Waals surface area (Å²) in [7, 11) is -3.78. The van der Waals surface area contributed by atoms with E-state index in [4.69, 9.17) is 10.1 Å². The van der Waals surface area contributed by atoms with Crippen LogP contribution in [0.15, 0.2) is 35.4 Å². The van der Waals surface area contributed by atoms with Crippen molar-refractivity contribution in [3.05, 3.63) is 30.5 Å². The number of sulfonamides is 1. The predicted octanol–water partition coefficient (Wildman–Crippen LogP) is 4.50. The number of amides is 1. The Kier molecular flexibility index (Phi) is 11.3. The fourth-order valence-corrected chi connectivity index (χ4v) is 6.32. The third kappa shape index (κ3) is 7.84. The highest BCUT2D eigenvalue weighted by molar-refractivity contribution is 7.89. The summed E-state index contributed by atoms with van der Waals surface area (Å²) in [6.07, 6.45) is 8.66. The predicted molar refractivity (Wildman–Crippen MR) is 165 cm³/mol. The molecule has 1 saturated carbocycles. The van der Waals surface area contributed by atoms with Crippen molar-refractivity contribution in [3.8, 4) is 11.3 Å². The number of unbranched alkanes of at least 4 members (excludes halogenated alkanes) is 2. The summed E-state index contributed by atoms with van der Waals surface area (Å²) in [6, 6.07) is 6.71. The molecule has 1 aliphatic carbocycles. The maximum atomic E-state index is 13.0. The average Bonchev–Trinajstić information content (AvgIpc) is 3.37. The van der Waals surface area contributed by atoms with Crippen LogP contribution in [0.5, 0.6) is 0 Å². The van der Waals surface area contributed by atoms with Gasteiger partial charge in [-0.15, -0.1) is 0 Å². The first-order valence-electron chi connectivity index (χ1n) is 15.3. The van der Waals surface area contributed by atoms with Crippen LogP contribution in [0.2, 0.25) is 0 Å². The van der Waals surface area contributed by atoms with Gasteiger partial charge in [-0.2, -0.15) is 10.1 Å². The van der Waals surface area contributed by atoms with Crippen LogP contribution in [0.4, 0.5) is 5.95 Å². The van der Waals surface area contributed by atoms with Crippen molar-refractivity contribution in [3.63, 3.8) is 0 Å². The second kappa shape index (κ2) is 14.9. The normalized spacial score (nSPS) is 17.4. The van der Waals surface area contributed by atoms with E-state index < -0.39 is 10.0 Å². The molecule has 4 rings (SSSR count). The number of anilines is 1. The van der Waals surface area contributed by atoms with E-state index in [-0.39, 0.29) is 35.9 Å². The van der Waals surface area contributed by atoms with Crippen molar-refractivity contribution in [2.75, 3.05) is 31.5 Å². The van der Waals surface area contributed by atoms with E-state index in [0.29, 0.717) is 37.6 Å². The Hall–Kier alpha value is -3.09. The molecular formula is C30H45N7O4S. The van der Waals surface area contributed by atoms with E-state index in [1.54, 1.807) is 35.4 Å². The molecule has 2 aromatic heterocycles. The Morgan fingerprint density at radius 3 is 2.43 bits per heavy atom. The molecule has 0 bridgehead atoms. The maximum absolute atomic E-state index is 13.0. The van der Waals surface area contributed by atoms with Gasteiger partial charge in [0.1, 0.15) is 5.69 Å². The summed E-state index contributed by atoms with van der Waals surface area (Å²) in [5.41, 5.74) is 2.17. The lowest BCUT2D eigenvalue weighted by Crippen LogP contribution is -2.35. The van der Waals surface area contributed by atoms with Crippen LogP contribution < -0.4 is 10.0 Å². The van der Waals surface area contributed by atoms with Crippen molar-refractivity contribution in [2.45, 2.75) is 95.6 Å². The van der Waals surface area contributed by atoms with Gasteiger partial charge in [0.15, 0.2) is 5.65 Å². The Morgan fingerprint density at radius 1 is 1.05 bits per heavy atom. The molecular weight excluding hydrogens is 554 g/mol. The lowest BCUT2D eigenvalue weighted by atomic mass is 9.93. The molecule has 0 atom stereocenters. The Bertz CT molecular complexity index is 1420. The Labute approximate surface area is 249 Å². The molecule has 0 saturated heterocycles. The molecule has 0 spiro atoms. The molecule has 1 fully saturated rings. The minimum atomic E-state index is -3.78. The van der Waals surface area contributed by atoms with Gasteiger partial charge < -0.3 is 15.3 Å². The third-order valence-electron chi connectivity index (χ3n) is 7.86. The molecule has 0 radical (unpaired) electrons. The number of hydrogen-bond donors (Lipinski definition) is 3. The zero-order valence-electron chi connectivity index (χ0n) is 25.1. The highest BCUT2D eigenvalue weighted by atomic mass is 32.2. The van der Waals surface area contributed by atoms with Crippen LogP contribution in [-0.2, 0) is 14.8 Å². The summed E-state index contributed by atoms with van der Waals surface area (Å²) in [5.74, 6) is 0.503. The Morgan fingerprint density at radius 2 is 1.76 bits per heavy atom. The van der Waals surface area contributed by atoms with Crippen molar-refractivity contribution in [1.29, 1.82) is 0 Å². The van der Waals surface area contributed by atoms with E-state index in [1.807, 2.05) is 11.6 Å². The molecule has 3 aromatic rings. The van der Waals surface area contributed by atoms with Crippen LogP contribution in [0.25, 0.3) is 22.3 Å². The minimum absolute atomic E-state index is 0.0443. The number of aliphatic hydroxyl groups excluding tert-OH is 1. The quantitative estimate of drug-likeness (QED) is 0.217. The molecule has 3 N–H and O–H groups in total. The lowest BCUT2D eigenvalue weighted by molar-refractivity contribution is -0.130. The zero-order chi connectivity index (χ0) is 30.1. The Balaban J connectivity index is 1.52. The summed E-state index contributed by atoms with van der Waals surface area (Å²) in [4.78, 5) is 23.7. The summed E-state index contributed by atoms with van der Waals surface area (Å²) >= 11 is 0. The largest absolute Gasteiger partial charge is 0.393 e.